The van der Waals surface area contributed by atoms with E-state index < -0.39 is 0 Å². The van der Waals surface area contributed by atoms with Crippen molar-refractivity contribution in [3.63, 3.8) is 0 Å². The fourth-order valence-electron chi connectivity index (χ4n) is 1.41. The number of hydrogen-bond acceptors (Lipinski definition) is 2. The van der Waals surface area contributed by atoms with Gasteiger partial charge in [0.2, 0.25) is 0 Å². The lowest BCUT2D eigenvalue weighted by molar-refractivity contribution is 0.372. The van der Waals surface area contributed by atoms with E-state index >= 15 is 0 Å². The van der Waals surface area contributed by atoms with E-state index in [0.29, 0.717) is 6.54 Å². The minimum Gasteiger partial charge on any atom is -0.387 e. The van der Waals surface area contributed by atoms with Crippen molar-refractivity contribution < 1.29 is 0 Å². The van der Waals surface area contributed by atoms with Crippen LogP contribution in [0.25, 0.3) is 0 Å². The Bertz CT molecular complexity index is 133. The Labute approximate surface area is 61.7 Å². The lowest BCUT2D eigenvalue weighted by Gasteiger charge is -2.12. The highest BCUT2D eigenvalue weighted by atomic mass is 15.2. The minimum atomic E-state index is 0.286. The molecule has 0 aliphatic carbocycles. The van der Waals surface area contributed by atoms with Crippen molar-refractivity contribution >= 4 is 5.84 Å². The molecule has 0 radical (unpaired) electrons. The first-order valence-corrected chi connectivity index (χ1v) is 3.73. The molecule has 0 bridgehead atoms. The second-order valence-corrected chi connectivity index (χ2v) is 3.15. The molecule has 0 spiro atoms. The summed E-state index contributed by atoms with van der Waals surface area (Å²) in [6.07, 6.45) is 1.26. The van der Waals surface area contributed by atoms with Gasteiger partial charge in [-0.05, 0) is 18.9 Å². The maximum atomic E-state index is 7.06. The maximum absolute atomic E-state index is 7.06. The number of hydrogen-bond donors (Lipinski definition) is 2. The summed E-state index contributed by atoms with van der Waals surface area (Å²) < 4.78 is 0. The first-order chi connectivity index (χ1) is 4.68. The third-order valence-corrected chi connectivity index (χ3v) is 1.90. The minimum absolute atomic E-state index is 0.286. The van der Waals surface area contributed by atoms with Gasteiger partial charge < -0.3 is 5.73 Å². The Morgan fingerprint density at radius 2 is 2.50 bits per heavy atom. The highest BCUT2D eigenvalue weighted by Crippen LogP contribution is 2.13. The fraction of sp³-hybridized carbons (Fsp3) is 0.857. The van der Waals surface area contributed by atoms with E-state index in [1.807, 2.05) is 0 Å². The Morgan fingerprint density at radius 1 is 1.80 bits per heavy atom. The number of likely N-dealkylation sites (tertiary alicyclic amines) is 1. The molecule has 3 heteroatoms. The Hall–Kier alpha value is -0.570. The van der Waals surface area contributed by atoms with Gasteiger partial charge in [0.1, 0.15) is 5.84 Å². The molecule has 1 atom stereocenters. The van der Waals surface area contributed by atoms with Crippen LogP contribution in [0.15, 0.2) is 0 Å². The van der Waals surface area contributed by atoms with Crippen LogP contribution in [0.5, 0.6) is 0 Å². The van der Waals surface area contributed by atoms with Gasteiger partial charge in [0.25, 0.3) is 0 Å². The van der Waals surface area contributed by atoms with E-state index in [1.54, 1.807) is 0 Å². The van der Waals surface area contributed by atoms with Gasteiger partial charge in [0.15, 0.2) is 0 Å². The number of amidine groups is 1. The molecule has 1 aliphatic rings. The van der Waals surface area contributed by atoms with E-state index in [4.69, 9.17) is 11.1 Å². The van der Waals surface area contributed by atoms with Gasteiger partial charge >= 0.3 is 0 Å². The summed E-state index contributed by atoms with van der Waals surface area (Å²) in [6, 6.07) is 0. The monoisotopic (exact) mass is 141 g/mol. The molecular formula is C7H15N3. The van der Waals surface area contributed by atoms with Gasteiger partial charge in [0.05, 0.1) is 6.54 Å². The highest BCUT2D eigenvalue weighted by Gasteiger charge is 2.18. The summed E-state index contributed by atoms with van der Waals surface area (Å²) in [6.45, 7) is 5.12. The van der Waals surface area contributed by atoms with Crippen LogP contribution in [0.2, 0.25) is 0 Å². The lowest BCUT2D eigenvalue weighted by Crippen LogP contribution is -2.31. The highest BCUT2D eigenvalue weighted by molar-refractivity contribution is 5.78. The Kier molecular flexibility index (Phi) is 2.27. The van der Waals surface area contributed by atoms with Crippen LogP contribution in [0, 0.1) is 11.3 Å². The van der Waals surface area contributed by atoms with Gasteiger partial charge in [-0.1, -0.05) is 6.92 Å². The zero-order valence-corrected chi connectivity index (χ0v) is 6.43. The van der Waals surface area contributed by atoms with E-state index in [2.05, 4.69) is 11.8 Å². The third-order valence-electron chi connectivity index (χ3n) is 1.90. The van der Waals surface area contributed by atoms with E-state index in [0.717, 1.165) is 19.0 Å². The molecule has 0 aromatic carbocycles. The topological polar surface area (TPSA) is 53.1 Å². The van der Waals surface area contributed by atoms with Crippen molar-refractivity contribution in [1.82, 2.24) is 4.90 Å². The molecular weight excluding hydrogens is 126 g/mol. The molecule has 0 aromatic rings. The maximum Gasteiger partial charge on any atom is 0.105 e. The molecule has 1 fully saturated rings. The number of nitrogens with one attached hydrogen (secondary N) is 1. The van der Waals surface area contributed by atoms with Crippen molar-refractivity contribution in [2.75, 3.05) is 19.6 Å². The predicted molar refractivity (Wildman–Crippen MR) is 42.1 cm³/mol. The second-order valence-electron chi connectivity index (χ2n) is 3.15. The van der Waals surface area contributed by atoms with Crippen molar-refractivity contribution in [3.8, 4) is 0 Å². The van der Waals surface area contributed by atoms with Crippen LogP contribution < -0.4 is 5.73 Å². The van der Waals surface area contributed by atoms with E-state index in [-0.39, 0.29) is 5.84 Å². The van der Waals surface area contributed by atoms with Crippen LogP contribution in [0.1, 0.15) is 13.3 Å². The SMILES string of the molecule is CC1CCN(CC(=N)N)C1. The summed E-state index contributed by atoms with van der Waals surface area (Å²) in [5.74, 6) is 1.08. The molecule has 1 heterocycles. The number of nitrogens with zero attached hydrogens (tertiary/aromatic N) is 1. The zero-order valence-electron chi connectivity index (χ0n) is 6.43. The third kappa shape index (κ3) is 1.99. The summed E-state index contributed by atoms with van der Waals surface area (Å²) in [5, 5.41) is 7.06. The first-order valence-electron chi connectivity index (χ1n) is 3.73. The average Bonchev–Trinajstić information content (AvgIpc) is 2.13. The molecule has 1 rings (SSSR count). The van der Waals surface area contributed by atoms with Crippen molar-refractivity contribution in [2.24, 2.45) is 11.7 Å². The molecule has 1 saturated heterocycles. The standard InChI is InChI=1S/C7H15N3/c1-6-2-3-10(4-6)5-7(8)9/h6H,2-5H2,1H3,(H3,8,9). The zero-order chi connectivity index (χ0) is 7.56. The van der Waals surface area contributed by atoms with Gasteiger partial charge in [-0.25, -0.2) is 0 Å². The van der Waals surface area contributed by atoms with Gasteiger partial charge in [0, 0.05) is 6.54 Å². The van der Waals surface area contributed by atoms with E-state index in [1.165, 1.54) is 6.42 Å². The molecule has 1 aliphatic heterocycles. The smallest absolute Gasteiger partial charge is 0.105 e. The molecule has 0 aromatic heterocycles. The quantitative estimate of drug-likeness (QED) is 0.428. The molecule has 0 amide bonds. The largest absolute Gasteiger partial charge is 0.387 e. The number of rotatable bonds is 2. The molecule has 58 valence electrons. The van der Waals surface area contributed by atoms with E-state index in [9.17, 15) is 0 Å². The Balaban J connectivity index is 2.24. The molecule has 0 saturated carbocycles. The average molecular weight is 141 g/mol. The molecule has 1 unspecified atom stereocenters. The molecule has 3 N–H and O–H groups in total. The predicted octanol–water partition coefficient (Wildman–Crippen LogP) is 0.264. The lowest BCUT2D eigenvalue weighted by atomic mass is 10.2. The normalized spacial score (nSPS) is 27.1. The van der Waals surface area contributed by atoms with Crippen LogP contribution >= 0.6 is 0 Å². The van der Waals surface area contributed by atoms with Gasteiger partial charge in [-0.15, -0.1) is 0 Å². The van der Waals surface area contributed by atoms with Crippen LogP contribution in [-0.4, -0.2) is 30.4 Å². The first kappa shape index (κ1) is 7.54. The summed E-state index contributed by atoms with van der Waals surface area (Å²) >= 11 is 0. The summed E-state index contributed by atoms with van der Waals surface area (Å²) in [4.78, 5) is 2.23. The summed E-state index contributed by atoms with van der Waals surface area (Å²) in [5.41, 5.74) is 5.26. The Morgan fingerprint density at radius 3 is 2.90 bits per heavy atom. The van der Waals surface area contributed by atoms with Crippen LogP contribution in [0.4, 0.5) is 0 Å². The van der Waals surface area contributed by atoms with Crippen LogP contribution in [0.3, 0.4) is 0 Å². The summed E-state index contributed by atoms with van der Waals surface area (Å²) in [7, 11) is 0. The van der Waals surface area contributed by atoms with Crippen molar-refractivity contribution in [3.05, 3.63) is 0 Å². The molecule has 3 nitrogen and oxygen atoms in total. The van der Waals surface area contributed by atoms with Gasteiger partial charge in [-0.3, -0.25) is 10.3 Å². The second kappa shape index (κ2) is 3.01. The van der Waals surface area contributed by atoms with Gasteiger partial charge in [-0.2, -0.15) is 0 Å². The van der Waals surface area contributed by atoms with Crippen molar-refractivity contribution in [2.45, 2.75) is 13.3 Å². The number of nitrogens with two attached hydrogens (primary N) is 1. The van der Waals surface area contributed by atoms with Crippen LogP contribution in [-0.2, 0) is 0 Å². The fourth-order valence-corrected chi connectivity index (χ4v) is 1.41. The molecule has 10 heavy (non-hydrogen) atoms. The van der Waals surface area contributed by atoms with Crippen molar-refractivity contribution in [1.29, 1.82) is 5.41 Å².